The van der Waals surface area contributed by atoms with Gasteiger partial charge in [-0.1, -0.05) is 0 Å². The van der Waals surface area contributed by atoms with Gasteiger partial charge in [-0.15, -0.1) is 0 Å². The molecule has 0 heterocycles. The minimum Gasteiger partial charge on any atom is -0.449 e. The van der Waals surface area contributed by atoms with E-state index in [0.29, 0.717) is 0 Å². The fraction of sp³-hybridized carbons (Fsp3) is 0. The molecule has 9 heteroatoms. The zero-order chi connectivity index (χ0) is 6.78. The first-order valence-corrected chi connectivity index (χ1v) is 2.93. The second kappa shape index (κ2) is 7.75. The molecule has 56 valence electrons. The molecule has 0 rings (SSSR count). The van der Waals surface area contributed by atoms with Crippen LogP contribution in [0.15, 0.2) is 0 Å². The largest absolute Gasteiger partial charge is 0.529 e. The number of hydrogen-bond acceptors (Lipinski definition) is 3. The monoisotopic (exact) mass is 426 g/mol. The summed E-state index contributed by atoms with van der Waals surface area (Å²) in [7, 11) is -4.82. The number of carbonyl (C=O) groups is 1. The summed E-state index contributed by atoms with van der Waals surface area (Å²) >= 11 is 0. The normalized spacial score (nSPS) is 8.60. The Bertz CT molecular complexity index is 139. The Balaban J connectivity index is -0.000000245. The van der Waals surface area contributed by atoms with Gasteiger partial charge in [0, 0.05) is 81.7 Å². The van der Waals surface area contributed by atoms with Crippen LogP contribution in [0, 0.1) is 81.7 Å². The summed E-state index contributed by atoms with van der Waals surface area (Å²) < 4.78 is 12.6. The molecule has 10 heavy (non-hydrogen) atoms. The Kier molecular flexibility index (Phi) is 14.0. The molecule has 0 amide bonds. The zero-order valence-electron chi connectivity index (χ0n) is 4.51. The quantitative estimate of drug-likeness (QED) is 0.497. The molecule has 0 aromatic heterocycles. The van der Waals surface area contributed by atoms with Crippen LogP contribution in [0.4, 0.5) is 4.79 Å². The summed E-state index contributed by atoms with van der Waals surface area (Å²) in [6.45, 7) is 0. The van der Waals surface area contributed by atoms with E-state index in [-0.39, 0.29) is 81.7 Å². The fourth-order valence-corrected chi connectivity index (χ4v) is 0.305. The average Bonchev–Trinajstić information content (AvgIpc) is 1.21. The number of carboxylic acid groups (broad SMARTS) is 1. The van der Waals surface area contributed by atoms with E-state index in [0.717, 1.165) is 0 Å². The molecule has 0 aliphatic carbocycles. The molecule has 0 aliphatic heterocycles. The van der Waals surface area contributed by atoms with E-state index in [9.17, 15) is 9.36 Å². The molecule has 0 radical (unpaired) electrons. The molecule has 0 atom stereocenters. The Morgan fingerprint density at radius 3 is 1.60 bits per heavy atom. The molecule has 0 spiro atoms. The van der Waals surface area contributed by atoms with Crippen molar-refractivity contribution in [1.82, 2.24) is 0 Å². The minimum absolute atomic E-state index is 0. The maximum Gasteiger partial charge on any atom is 0.529 e. The summed E-state index contributed by atoms with van der Waals surface area (Å²) in [5.74, 6) is 0. The minimum atomic E-state index is -4.82. The van der Waals surface area contributed by atoms with E-state index in [2.05, 4.69) is 4.52 Å². The Labute approximate surface area is 122 Å². The van der Waals surface area contributed by atoms with Crippen LogP contribution in [-0.2, 0) is 9.09 Å². The van der Waals surface area contributed by atoms with Crippen molar-refractivity contribution in [1.29, 1.82) is 0 Å². The number of hydrogen-bond donors (Lipinski definition) is 3. The summed E-state index contributed by atoms with van der Waals surface area (Å²) in [5.41, 5.74) is 0. The summed E-state index contributed by atoms with van der Waals surface area (Å²) in [6, 6.07) is 0. The van der Waals surface area contributed by atoms with Gasteiger partial charge in [0.1, 0.15) is 0 Å². The van der Waals surface area contributed by atoms with Crippen LogP contribution in [0.25, 0.3) is 0 Å². The van der Waals surface area contributed by atoms with Crippen LogP contribution >= 0.6 is 7.82 Å². The standard InChI is InChI=1S/CH3O6P.2Nd/c2-1(3)7-8(4,5)6;;/h(H,2,3)(H2,4,5,6);;. The molecular formula is CH3Nd2O6P. The average molecular weight is 430 g/mol. The SMILES string of the molecule is O=C(O)OP(=O)(O)O.[Nd].[Nd]. The maximum atomic E-state index is 9.53. The second-order valence-electron chi connectivity index (χ2n) is 0.848. The molecule has 0 saturated carbocycles. The van der Waals surface area contributed by atoms with Gasteiger partial charge in [0.05, 0.1) is 0 Å². The van der Waals surface area contributed by atoms with E-state index >= 15 is 0 Å². The number of rotatable bonds is 1. The van der Waals surface area contributed by atoms with Crippen LogP contribution in [0.1, 0.15) is 0 Å². The molecule has 6 nitrogen and oxygen atoms in total. The van der Waals surface area contributed by atoms with Crippen molar-refractivity contribution in [3.63, 3.8) is 0 Å². The van der Waals surface area contributed by atoms with Crippen molar-refractivity contribution in [2.75, 3.05) is 0 Å². The first-order valence-electron chi connectivity index (χ1n) is 1.40. The molecule has 0 bridgehead atoms. The van der Waals surface area contributed by atoms with Gasteiger partial charge < -0.3 is 9.63 Å². The first kappa shape index (κ1) is 18.0. The van der Waals surface area contributed by atoms with Gasteiger partial charge in [0.25, 0.3) is 0 Å². The van der Waals surface area contributed by atoms with Crippen molar-refractivity contribution < 1.29 is 110 Å². The number of phosphoric ester groups is 1. The van der Waals surface area contributed by atoms with Crippen LogP contribution in [0.3, 0.4) is 0 Å². The summed E-state index contributed by atoms with van der Waals surface area (Å²) in [5, 5.41) is 7.53. The summed E-state index contributed by atoms with van der Waals surface area (Å²) in [4.78, 5) is 24.7. The van der Waals surface area contributed by atoms with Crippen LogP contribution in [-0.4, -0.2) is 21.0 Å². The fourth-order valence-electron chi connectivity index (χ4n) is 0.102. The molecule has 0 saturated heterocycles. The van der Waals surface area contributed by atoms with E-state index in [4.69, 9.17) is 14.9 Å². The predicted molar refractivity (Wildman–Crippen MR) is 21.2 cm³/mol. The van der Waals surface area contributed by atoms with Crippen LogP contribution in [0.5, 0.6) is 0 Å². The summed E-state index contributed by atoms with van der Waals surface area (Å²) in [6.07, 6.45) is -1.99. The third kappa shape index (κ3) is 16.6. The third-order valence-corrected chi connectivity index (χ3v) is 0.591. The Morgan fingerprint density at radius 1 is 1.30 bits per heavy atom. The first-order chi connectivity index (χ1) is 3.42. The van der Waals surface area contributed by atoms with Crippen molar-refractivity contribution >= 4 is 14.0 Å². The molecule has 3 N–H and O–H groups in total. The van der Waals surface area contributed by atoms with Gasteiger partial charge in [-0.05, 0) is 0 Å². The Hall–Kier alpha value is 2.12. The van der Waals surface area contributed by atoms with Crippen molar-refractivity contribution in [2.24, 2.45) is 0 Å². The van der Waals surface area contributed by atoms with Gasteiger partial charge in [-0.25, -0.2) is 9.36 Å². The van der Waals surface area contributed by atoms with Gasteiger partial charge in [0.2, 0.25) is 0 Å². The van der Waals surface area contributed by atoms with Gasteiger partial charge >= 0.3 is 14.0 Å². The molecule has 0 aromatic carbocycles. The van der Waals surface area contributed by atoms with E-state index in [1.54, 1.807) is 0 Å². The van der Waals surface area contributed by atoms with Crippen molar-refractivity contribution in [2.45, 2.75) is 0 Å². The molecule has 0 unspecified atom stereocenters. The molecule has 0 aliphatic rings. The predicted octanol–water partition coefficient (Wildman–Crippen LogP) is -0.226. The van der Waals surface area contributed by atoms with Crippen LogP contribution in [0.2, 0.25) is 0 Å². The molecule has 0 fully saturated rings. The van der Waals surface area contributed by atoms with E-state index in [1.165, 1.54) is 0 Å². The van der Waals surface area contributed by atoms with E-state index < -0.39 is 14.0 Å². The van der Waals surface area contributed by atoms with Crippen LogP contribution < -0.4 is 0 Å². The van der Waals surface area contributed by atoms with Crippen molar-refractivity contribution in [3.05, 3.63) is 0 Å². The third-order valence-electron chi connectivity index (χ3n) is 0.197. The topological polar surface area (TPSA) is 104 Å². The van der Waals surface area contributed by atoms with Crippen molar-refractivity contribution in [3.8, 4) is 0 Å². The zero-order valence-corrected chi connectivity index (χ0v) is 11.8. The van der Waals surface area contributed by atoms with Gasteiger partial charge in [0.15, 0.2) is 0 Å². The van der Waals surface area contributed by atoms with E-state index in [1.807, 2.05) is 0 Å². The molecule has 0 aromatic rings. The van der Waals surface area contributed by atoms with Gasteiger partial charge in [-0.3, -0.25) is 9.79 Å². The molecular weight excluding hydrogens is 427 g/mol. The second-order valence-corrected chi connectivity index (χ2v) is 2.01. The maximum absolute atomic E-state index is 9.53. The number of phosphoric acid groups is 1. The Morgan fingerprint density at radius 2 is 1.60 bits per heavy atom. The smallest absolute Gasteiger partial charge is 0.449 e. The van der Waals surface area contributed by atoms with Gasteiger partial charge in [-0.2, -0.15) is 0 Å².